The molecule has 0 aromatic carbocycles. The minimum absolute atomic E-state index is 0.424. The van der Waals surface area contributed by atoms with Gasteiger partial charge in [0.2, 0.25) is 0 Å². The van der Waals surface area contributed by atoms with E-state index in [9.17, 15) is 0 Å². The second-order valence-corrected chi connectivity index (χ2v) is 3.89. The molecule has 1 heterocycles. The van der Waals surface area contributed by atoms with Gasteiger partial charge in [0, 0.05) is 14.3 Å². The first-order valence-corrected chi connectivity index (χ1v) is 4.67. The van der Waals surface area contributed by atoms with Crippen LogP contribution < -0.4 is 0 Å². The zero-order valence-electron chi connectivity index (χ0n) is 7.99. The van der Waals surface area contributed by atoms with Crippen molar-refractivity contribution in [2.75, 3.05) is 0 Å². The van der Waals surface area contributed by atoms with Crippen LogP contribution in [0.2, 0.25) is 18.5 Å². The summed E-state index contributed by atoms with van der Waals surface area (Å²) in [5.74, 6) is -2.30. The van der Waals surface area contributed by atoms with Crippen LogP contribution in [0, 0.1) is 0 Å². The molecule has 0 aromatic rings. The predicted octanol–water partition coefficient (Wildman–Crippen LogP) is 1.64. The normalized spacial score (nSPS) is 52.2. The maximum atomic E-state index is 7.44. The van der Waals surface area contributed by atoms with E-state index in [0.717, 1.165) is 0 Å². The molecule has 0 nitrogen and oxygen atoms in total. The number of rotatable bonds is 0. The minimum Gasteiger partial charge on any atom is -0.0720 e. The highest BCUT2D eigenvalue weighted by atomic mass is 28.3. The summed E-state index contributed by atoms with van der Waals surface area (Å²) in [5, 5.41) is 0. The molecule has 0 spiro atoms. The third-order valence-corrected chi connectivity index (χ3v) is 2.83. The van der Waals surface area contributed by atoms with Crippen molar-refractivity contribution in [1.29, 1.82) is 0 Å². The van der Waals surface area contributed by atoms with E-state index in [4.69, 9.17) is 5.48 Å². The quantitative estimate of drug-likeness (QED) is 0.410. The molecule has 1 heteroatoms. The van der Waals surface area contributed by atoms with E-state index in [1.165, 1.54) is 0 Å². The van der Waals surface area contributed by atoms with Crippen LogP contribution in [0.15, 0.2) is 0 Å². The van der Waals surface area contributed by atoms with Gasteiger partial charge in [-0.2, -0.15) is 0 Å². The van der Waals surface area contributed by atoms with Crippen molar-refractivity contribution in [2.45, 2.75) is 31.4 Å². The van der Waals surface area contributed by atoms with Gasteiger partial charge in [-0.15, -0.1) is 0 Å². The highest BCUT2D eigenvalue weighted by molar-refractivity contribution is 6.57. The van der Waals surface area contributed by atoms with Crippen LogP contribution in [0.25, 0.3) is 0 Å². The van der Waals surface area contributed by atoms with Crippen molar-refractivity contribution in [3.63, 3.8) is 0 Å². The van der Waals surface area contributed by atoms with Gasteiger partial charge in [0.25, 0.3) is 0 Å². The molecule has 1 rings (SSSR count). The fraction of sp³-hybridized carbons (Fsp3) is 1.00. The Balaban J connectivity index is 2.77. The van der Waals surface area contributed by atoms with Crippen LogP contribution in [0.1, 0.15) is 18.3 Å². The molecule has 0 unspecified atom stereocenters. The average molecular weight is 104 g/mol. The van der Waals surface area contributed by atoms with Crippen LogP contribution >= 0.6 is 0 Å². The molecule has 1 aliphatic heterocycles. The first-order chi connectivity index (χ1) is 4.36. The summed E-state index contributed by atoms with van der Waals surface area (Å²) < 4.78 is 29.7. The molecule has 0 amide bonds. The zero-order valence-corrected chi connectivity index (χ0v) is 5.15. The maximum Gasteiger partial charge on any atom is 0.0336 e. The molecule has 0 aromatic heterocycles. The standard InChI is InChI=1S/C5H12Si/c1-6-4-2-3-5-6/h6H,2-5H2,1H3/i4D2,5D2. The fourth-order valence-corrected chi connectivity index (χ4v) is 1.95. The van der Waals surface area contributed by atoms with Gasteiger partial charge in [-0.3, -0.25) is 0 Å². The summed E-state index contributed by atoms with van der Waals surface area (Å²) in [6, 6.07) is 0. The second-order valence-electron chi connectivity index (χ2n) is 1.63. The van der Waals surface area contributed by atoms with Gasteiger partial charge >= 0.3 is 0 Å². The fourth-order valence-electron chi connectivity index (χ4n) is 0.650. The Morgan fingerprint density at radius 1 is 1.50 bits per heavy atom. The Morgan fingerprint density at radius 2 is 2.00 bits per heavy atom. The van der Waals surface area contributed by atoms with Gasteiger partial charge in [0.05, 0.1) is 0 Å². The van der Waals surface area contributed by atoms with Crippen LogP contribution in [0.3, 0.4) is 0 Å². The van der Waals surface area contributed by atoms with Crippen molar-refractivity contribution in [2.24, 2.45) is 0 Å². The first-order valence-electron chi connectivity index (χ1n) is 4.36. The van der Waals surface area contributed by atoms with E-state index < -0.39 is 20.8 Å². The lowest BCUT2D eigenvalue weighted by molar-refractivity contribution is 0.935. The van der Waals surface area contributed by atoms with Gasteiger partial charge in [-0.25, -0.2) is 0 Å². The topological polar surface area (TPSA) is 0 Å². The van der Waals surface area contributed by atoms with E-state index in [0.29, 0.717) is 12.8 Å². The smallest absolute Gasteiger partial charge is 0.0336 e. The second kappa shape index (κ2) is 1.78. The summed E-state index contributed by atoms with van der Waals surface area (Å²) in [6.07, 6.45) is 0.848. The van der Waals surface area contributed by atoms with Crippen LogP contribution in [-0.2, 0) is 0 Å². The Labute approximate surface area is 46.8 Å². The molecule has 36 valence electrons. The lowest BCUT2D eigenvalue weighted by Crippen LogP contribution is -1.94. The molecular weight excluding hydrogens is 88.1 g/mol. The molecule has 0 saturated carbocycles. The zero-order chi connectivity index (χ0) is 7.99. The Kier molecular flexibility index (Phi) is 0.481. The minimum atomic E-state index is -1.80. The number of hydrogen-bond donors (Lipinski definition) is 0. The summed E-state index contributed by atoms with van der Waals surface area (Å²) >= 11 is 0. The maximum absolute atomic E-state index is 7.44. The van der Waals surface area contributed by atoms with Crippen molar-refractivity contribution < 1.29 is 5.48 Å². The Morgan fingerprint density at radius 3 is 2.17 bits per heavy atom. The molecule has 0 atom stereocenters. The lowest BCUT2D eigenvalue weighted by atomic mass is 10.4. The van der Waals surface area contributed by atoms with Gasteiger partial charge in [0.1, 0.15) is 0 Å². The lowest BCUT2D eigenvalue weighted by Gasteiger charge is -1.88. The van der Waals surface area contributed by atoms with Crippen molar-refractivity contribution >= 4 is 8.80 Å². The summed E-state index contributed by atoms with van der Waals surface area (Å²) in [5.41, 5.74) is 0. The molecule has 1 aliphatic rings. The number of hydrogen-bond acceptors (Lipinski definition) is 0. The average Bonchev–Trinajstić information content (AvgIpc) is 1.95. The largest absolute Gasteiger partial charge is 0.0720 e. The van der Waals surface area contributed by atoms with E-state index in [-0.39, 0.29) is 0 Å². The van der Waals surface area contributed by atoms with Gasteiger partial charge in [0.15, 0.2) is 0 Å². The van der Waals surface area contributed by atoms with Crippen molar-refractivity contribution in [3.05, 3.63) is 0 Å². The third-order valence-electron chi connectivity index (χ3n) is 1.03. The third kappa shape index (κ3) is 0.838. The highest BCUT2D eigenvalue weighted by Gasteiger charge is 2.08. The summed E-state index contributed by atoms with van der Waals surface area (Å²) in [4.78, 5) is 0. The molecule has 0 N–H and O–H groups in total. The summed E-state index contributed by atoms with van der Waals surface area (Å²) in [6.45, 7) is 1.78. The molecule has 1 saturated heterocycles. The highest BCUT2D eigenvalue weighted by Crippen LogP contribution is 2.17. The van der Waals surface area contributed by atoms with Gasteiger partial charge in [-0.05, 0) is 0 Å². The van der Waals surface area contributed by atoms with Crippen LogP contribution in [0.5, 0.6) is 0 Å². The predicted molar refractivity (Wildman–Crippen MR) is 31.9 cm³/mol. The monoisotopic (exact) mass is 104 g/mol. The molecule has 0 bridgehead atoms. The van der Waals surface area contributed by atoms with E-state index >= 15 is 0 Å². The molecule has 0 radical (unpaired) electrons. The van der Waals surface area contributed by atoms with Gasteiger partial charge < -0.3 is 0 Å². The van der Waals surface area contributed by atoms with E-state index in [1.54, 1.807) is 6.55 Å². The SMILES string of the molecule is [2H]C1([2H])CCC([2H])([2H])[SiH]1C. The van der Waals surface area contributed by atoms with Crippen LogP contribution in [0.4, 0.5) is 0 Å². The van der Waals surface area contributed by atoms with Gasteiger partial charge in [-0.1, -0.05) is 31.4 Å². The molecular formula is C5H12Si. The molecule has 1 fully saturated rings. The Bertz CT molecular complexity index is 129. The summed E-state index contributed by atoms with van der Waals surface area (Å²) in [7, 11) is -1.80. The van der Waals surface area contributed by atoms with E-state index in [2.05, 4.69) is 0 Å². The molecule has 6 heavy (non-hydrogen) atoms. The van der Waals surface area contributed by atoms with Crippen molar-refractivity contribution in [3.8, 4) is 0 Å². The molecule has 0 aliphatic carbocycles. The van der Waals surface area contributed by atoms with E-state index in [1.807, 2.05) is 0 Å². The Hall–Kier alpha value is 0.217. The van der Waals surface area contributed by atoms with Crippen molar-refractivity contribution in [1.82, 2.24) is 0 Å². The van der Waals surface area contributed by atoms with Crippen LogP contribution in [-0.4, -0.2) is 8.80 Å². The first kappa shape index (κ1) is 1.62.